The van der Waals surface area contributed by atoms with E-state index in [2.05, 4.69) is 21.3 Å². The van der Waals surface area contributed by atoms with Crippen LogP contribution in [0.2, 0.25) is 0 Å². The van der Waals surface area contributed by atoms with Crippen LogP contribution >= 0.6 is 11.8 Å². The minimum Gasteiger partial charge on any atom is -0.481 e. The largest absolute Gasteiger partial charge is 0.481 e. The quantitative estimate of drug-likeness (QED) is 0.0517. The first-order chi connectivity index (χ1) is 19.8. The topological polar surface area (TPSA) is 289 Å². The first-order valence-electron chi connectivity index (χ1n) is 13.8. The highest BCUT2D eigenvalue weighted by molar-refractivity contribution is 7.98. The van der Waals surface area contributed by atoms with Gasteiger partial charge in [0, 0.05) is 0 Å². The lowest BCUT2D eigenvalue weighted by molar-refractivity contribution is -0.144. The summed E-state index contributed by atoms with van der Waals surface area (Å²) in [4.78, 5) is 74.6. The summed E-state index contributed by atoms with van der Waals surface area (Å²) in [6.45, 7) is 1.83. The number of rotatable bonds is 23. The summed E-state index contributed by atoms with van der Waals surface area (Å²) in [5.74, 6) is -5.77. The summed E-state index contributed by atoms with van der Waals surface area (Å²) in [6.07, 6.45) is 1.87. The van der Waals surface area contributed by atoms with Crippen molar-refractivity contribution >= 4 is 47.3 Å². The zero-order valence-electron chi connectivity index (χ0n) is 24.2. The molecular weight excluding hydrogens is 574 g/mol. The lowest BCUT2D eigenvalue weighted by Crippen LogP contribution is -2.60. The number of carbonyl (C=O) groups is 6. The maximum atomic E-state index is 13.1. The highest BCUT2D eigenvalue weighted by atomic mass is 32.2. The van der Waals surface area contributed by atoms with Gasteiger partial charge in [0.25, 0.3) is 0 Å². The molecule has 0 aromatic heterocycles. The maximum Gasteiger partial charge on any atom is 0.326 e. The molecule has 242 valence electrons. The molecule has 0 saturated carbocycles. The smallest absolute Gasteiger partial charge is 0.326 e. The van der Waals surface area contributed by atoms with E-state index in [1.54, 1.807) is 0 Å². The van der Waals surface area contributed by atoms with E-state index in [0.29, 0.717) is 50.9 Å². The van der Waals surface area contributed by atoms with Crippen molar-refractivity contribution in [3.8, 4) is 0 Å². The highest BCUT2D eigenvalue weighted by Crippen LogP contribution is 2.07. The molecule has 16 nitrogen and oxygen atoms in total. The van der Waals surface area contributed by atoms with Gasteiger partial charge in [-0.1, -0.05) is 0 Å². The second-order valence-electron chi connectivity index (χ2n) is 9.80. The number of carboxylic acids is 2. The van der Waals surface area contributed by atoms with E-state index in [4.69, 9.17) is 17.2 Å². The SMILES string of the molecule is CSCC[C@H](N)C(=O)N[C@@H](CCCCN)C(=O)N[C@@H](CC(=O)O)C(=O)N[C@H](C(=O)N[C@@H](CCCCN)C(=O)O)[C@@H](C)O. The number of unbranched alkanes of at least 4 members (excludes halogenated alkanes) is 2. The normalized spacial score (nSPS) is 15.3. The second-order valence-corrected chi connectivity index (χ2v) is 10.8. The van der Waals surface area contributed by atoms with Crippen molar-refractivity contribution in [1.82, 2.24) is 21.3 Å². The predicted molar refractivity (Wildman–Crippen MR) is 156 cm³/mol. The van der Waals surface area contributed by atoms with E-state index in [-0.39, 0.29) is 12.8 Å². The first-order valence-corrected chi connectivity index (χ1v) is 15.2. The van der Waals surface area contributed by atoms with Gasteiger partial charge in [0.05, 0.1) is 18.6 Å². The van der Waals surface area contributed by atoms with Crippen molar-refractivity contribution in [2.75, 3.05) is 25.1 Å². The van der Waals surface area contributed by atoms with Crippen molar-refractivity contribution in [2.24, 2.45) is 17.2 Å². The van der Waals surface area contributed by atoms with E-state index in [1.165, 1.54) is 18.7 Å². The zero-order chi connectivity index (χ0) is 32.2. The molecule has 0 fully saturated rings. The molecule has 0 bridgehead atoms. The van der Waals surface area contributed by atoms with E-state index < -0.39 is 78.3 Å². The van der Waals surface area contributed by atoms with Crippen molar-refractivity contribution in [1.29, 1.82) is 0 Å². The van der Waals surface area contributed by atoms with Gasteiger partial charge >= 0.3 is 11.9 Å². The molecule has 0 aromatic rings. The van der Waals surface area contributed by atoms with E-state index in [1.807, 2.05) is 6.26 Å². The fourth-order valence-electron chi connectivity index (χ4n) is 3.74. The Morgan fingerprint density at radius 2 is 1.21 bits per heavy atom. The van der Waals surface area contributed by atoms with E-state index in [9.17, 15) is 44.1 Å². The number of nitrogens with two attached hydrogens (primary N) is 3. The molecule has 0 radical (unpaired) electrons. The minimum atomic E-state index is -1.71. The number of carbonyl (C=O) groups excluding carboxylic acids is 4. The van der Waals surface area contributed by atoms with Gasteiger partial charge in [-0.05, 0) is 77.0 Å². The molecule has 13 N–H and O–H groups in total. The molecule has 0 aliphatic carbocycles. The van der Waals surface area contributed by atoms with Crippen molar-refractivity contribution in [2.45, 2.75) is 94.6 Å². The summed E-state index contributed by atoms with van der Waals surface area (Å²) >= 11 is 1.49. The number of aliphatic carboxylic acids is 2. The Morgan fingerprint density at radius 1 is 0.714 bits per heavy atom. The predicted octanol–water partition coefficient (Wildman–Crippen LogP) is -2.80. The number of aliphatic hydroxyl groups is 1. The van der Waals surface area contributed by atoms with Crippen LogP contribution < -0.4 is 38.5 Å². The molecule has 0 unspecified atom stereocenters. The molecule has 0 aromatic carbocycles. The second kappa shape index (κ2) is 21.7. The molecule has 4 amide bonds. The average molecular weight is 622 g/mol. The Morgan fingerprint density at radius 3 is 1.69 bits per heavy atom. The van der Waals surface area contributed by atoms with Crippen molar-refractivity contribution < 1.29 is 44.1 Å². The number of nitrogens with one attached hydrogen (secondary N) is 4. The molecule has 0 spiro atoms. The summed E-state index contributed by atoms with van der Waals surface area (Å²) in [6, 6.07) is -6.75. The molecular formula is C25H47N7O9S. The number of aliphatic hydroxyl groups excluding tert-OH is 1. The van der Waals surface area contributed by atoms with Gasteiger partial charge in [0.15, 0.2) is 0 Å². The van der Waals surface area contributed by atoms with Crippen LogP contribution in [0.1, 0.15) is 58.3 Å². The fourth-order valence-corrected chi connectivity index (χ4v) is 4.23. The number of thioether (sulfide) groups is 1. The number of hydrogen-bond donors (Lipinski definition) is 10. The van der Waals surface area contributed by atoms with E-state index in [0.717, 1.165) is 0 Å². The highest BCUT2D eigenvalue weighted by Gasteiger charge is 2.34. The Labute approximate surface area is 249 Å². The monoisotopic (exact) mass is 621 g/mol. The van der Waals surface area contributed by atoms with Crippen LogP contribution in [0.5, 0.6) is 0 Å². The van der Waals surface area contributed by atoms with Crippen LogP contribution in [0.4, 0.5) is 0 Å². The van der Waals surface area contributed by atoms with E-state index >= 15 is 0 Å². The van der Waals surface area contributed by atoms with Crippen molar-refractivity contribution in [3.63, 3.8) is 0 Å². The molecule has 0 rings (SSSR count). The van der Waals surface area contributed by atoms with Crippen molar-refractivity contribution in [3.05, 3.63) is 0 Å². The number of amides is 4. The maximum absolute atomic E-state index is 13.1. The van der Waals surface area contributed by atoms with Crippen LogP contribution in [-0.2, 0) is 28.8 Å². The molecule has 0 saturated heterocycles. The van der Waals surface area contributed by atoms with Crippen LogP contribution in [0, 0.1) is 0 Å². The Kier molecular flexibility index (Phi) is 20.1. The third-order valence-electron chi connectivity index (χ3n) is 6.19. The number of hydrogen-bond acceptors (Lipinski definition) is 11. The zero-order valence-corrected chi connectivity index (χ0v) is 25.0. The Bertz CT molecular complexity index is 894. The summed E-state index contributed by atoms with van der Waals surface area (Å²) in [7, 11) is 0. The lowest BCUT2D eigenvalue weighted by Gasteiger charge is -2.27. The lowest BCUT2D eigenvalue weighted by atomic mass is 10.0. The van der Waals surface area contributed by atoms with Gasteiger partial charge in [-0.2, -0.15) is 11.8 Å². The molecule has 0 aliphatic rings. The Hall–Kier alpha value is -2.99. The van der Waals surface area contributed by atoms with Gasteiger partial charge in [-0.25, -0.2) is 4.79 Å². The molecule has 6 atom stereocenters. The van der Waals surface area contributed by atoms with Gasteiger partial charge < -0.3 is 53.8 Å². The standard InChI is InChI=1S/C25H47N7O9S/c1-14(33)20(24(39)30-17(25(40)41)8-4-6-11-27)32-23(38)18(13-19(34)35)31-22(37)16(7-3-5-10-26)29-21(36)15(28)9-12-42-2/h14-18,20,33H,3-13,26-28H2,1-2H3,(H,29,36)(H,30,39)(H,31,37)(H,32,38)(H,34,35)(H,40,41)/t14-,15+,16+,17+,18+,20+/m1/s1. The van der Waals surface area contributed by atoms with Crippen LogP contribution in [-0.4, -0.2) is 112 Å². The third-order valence-corrected chi connectivity index (χ3v) is 6.83. The summed E-state index contributed by atoms with van der Waals surface area (Å²) in [5, 5.41) is 38.2. The van der Waals surface area contributed by atoms with Crippen LogP contribution in [0.25, 0.3) is 0 Å². The number of carboxylic acid groups (broad SMARTS) is 2. The first kappa shape index (κ1) is 39.0. The summed E-state index contributed by atoms with van der Waals surface area (Å²) in [5.41, 5.74) is 16.8. The van der Waals surface area contributed by atoms with Crippen LogP contribution in [0.15, 0.2) is 0 Å². The Balaban J connectivity index is 5.74. The average Bonchev–Trinajstić information content (AvgIpc) is 2.92. The molecule has 0 aliphatic heterocycles. The molecule has 17 heteroatoms. The third kappa shape index (κ3) is 15.9. The molecule has 0 heterocycles. The minimum absolute atomic E-state index is 0.0502. The summed E-state index contributed by atoms with van der Waals surface area (Å²) < 4.78 is 0. The van der Waals surface area contributed by atoms with Crippen LogP contribution in [0.3, 0.4) is 0 Å². The molecule has 42 heavy (non-hydrogen) atoms. The van der Waals surface area contributed by atoms with Gasteiger partial charge in [0.1, 0.15) is 24.2 Å². The van der Waals surface area contributed by atoms with Gasteiger partial charge in [0.2, 0.25) is 23.6 Å². The van der Waals surface area contributed by atoms with Gasteiger partial charge in [-0.15, -0.1) is 0 Å². The van der Waals surface area contributed by atoms with Gasteiger partial charge in [-0.3, -0.25) is 24.0 Å². The fraction of sp³-hybridized carbons (Fsp3) is 0.760.